The second-order valence-electron chi connectivity index (χ2n) is 5.02. The molecule has 1 saturated heterocycles. The fourth-order valence-corrected chi connectivity index (χ4v) is 3.07. The van der Waals surface area contributed by atoms with Gasteiger partial charge in [0.25, 0.3) is 0 Å². The van der Waals surface area contributed by atoms with Gasteiger partial charge in [-0.2, -0.15) is 0 Å². The van der Waals surface area contributed by atoms with E-state index in [0.717, 1.165) is 19.4 Å². The number of benzene rings is 1. The molecular weight excluding hydrogens is 292 g/mol. The molecule has 118 valence electrons. The molecule has 7 heteroatoms. The second-order valence-corrected chi connectivity index (χ2v) is 6.95. The fraction of sp³-hybridized carbons (Fsp3) is 0.571. The third-order valence-corrected chi connectivity index (χ3v) is 4.69. The average molecular weight is 314 g/mol. The first-order chi connectivity index (χ1) is 10.1. The van der Waals surface area contributed by atoms with Gasteiger partial charge in [0.05, 0.1) is 17.5 Å². The minimum atomic E-state index is -3.33. The number of hydrogen-bond donors (Lipinski definition) is 2. The van der Waals surface area contributed by atoms with Gasteiger partial charge in [0.1, 0.15) is 12.4 Å². The van der Waals surface area contributed by atoms with Gasteiger partial charge in [-0.25, -0.2) is 13.1 Å². The van der Waals surface area contributed by atoms with Crippen LogP contribution in [0.4, 0.5) is 5.69 Å². The highest BCUT2D eigenvalue weighted by Crippen LogP contribution is 2.19. The van der Waals surface area contributed by atoms with Gasteiger partial charge >= 0.3 is 0 Å². The van der Waals surface area contributed by atoms with Crippen molar-refractivity contribution in [3.63, 3.8) is 0 Å². The van der Waals surface area contributed by atoms with Gasteiger partial charge in [-0.1, -0.05) is 12.1 Å². The third kappa shape index (κ3) is 5.53. The van der Waals surface area contributed by atoms with Crippen LogP contribution in [0.25, 0.3) is 0 Å². The highest BCUT2D eigenvalue weighted by molar-refractivity contribution is 7.89. The van der Waals surface area contributed by atoms with E-state index in [9.17, 15) is 8.42 Å². The maximum absolute atomic E-state index is 11.8. The number of hydrogen-bond acceptors (Lipinski definition) is 5. The summed E-state index contributed by atoms with van der Waals surface area (Å²) in [6.45, 7) is 1.26. The van der Waals surface area contributed by atoms with Crippen molar-refractivity contribution < 1.29 is 17.9 Å². The van der Waals surface area contributed by atoms with Gasteiger partial charge in [-0.05, 0) is 31.4 Å². The Labute approximate surface area is 125 Å². The van der Waals surface area contributed by atoms with Gasteiger partial charge in [0, 0.05) is 13.2 Å². The molecule has 1 fully saturated rings. The molecule has 1 aliphatic rings. The van der Waals surface area contributed by atoms with Crippen molar-refractivity contribution in [2.45, 2.75) is 25.4 Å². The van der Waals surface area contributed by atoms with E-state index in [2.05, 4.69) is 4.72 Å². The molecule has 0 radical (unpaired) electrons. The van der Waals surface area contributed by atoms with E-state index in [0.29, 0.717) is 24.4 Å². The van der Waals surface area contributed by atoms with Crippen LogP contribution in [-0.4, -0.2) is 40.0 Å². The number of nitrogens with two attached hydrogens (primary N) is 1. The molecule has 1 atom stereocenters. The number of nitrogen functional groups attached to an aromatic ring is 1. The minimum Gasteiger partial charge on any atom is -0.490 e. The summed E-state index contributed by atoms with van der Waals surface area (Å²) < 4.78 is 37.0. The molecule has 6 nitrogen and oxygen atoms in total. The Morgan fingerprint density at radius 2 is 2.19 bits per heavy atom. The van der Waals surface area contributed by atoms with E-state index < -0.39 is 10.0 Å². The zero-order valence-electron chi connectivity index (χ0n) is 12.0. The summed E-state index contributed by atoms with van der Waals surface area (Å²) in [4.78, 5) is 0. The molecule has 1 aromatic rings. The quantitative estimate of drug-likeness (QED) is 0.702. The number of ether oxygens (including phenoxy) is 2. The normalized spacial score (nSPS) is 18.8. The molecule has 0 saturated carbocycles. The zero-order valence-corrected chi connectivity index (χ0v) is 12.8. The van der Waals surface area contributed by atoms with Crippen molar-refractivity contribution in [2.75, 3.05) is 31.2 Å². The SMILES string of the molecule is Nc1ccccc1OCCS(=O)(=O)NCCC1CCCO1. The number of para-hydroxylation sites is 2. The van der Waals surface area contributed by atoms with Crippen LogP contribution in [0.2, 0.25) is 0 Å². The first kappa shape index (κ1) is 16.1. The van der Waals surface area contributed by atoms with Crippen LogP contribution in [0.1, 0.15) is 19.3 Å². The predicted molar refractivity (Wildman–Crippen MR) is 81.7 cm³/mol. The summed E-state index contributed by atoms with van der Waals surface area (Å²) in [5.41, 5.74) is 6.22. The van der Waals surface area contributed by atoms with E-state index in [1.807, 2.05) is 0 Å². The lowest BCUT2D eigenvalue weighted by molar-refractivity contribution is 0.105. The lowest BCUT2D eigenvalue weighted by Crippen LogP contribution is -2.31. The van der Waals surface area contributed by atoms with Crippen LogP contribution in [0.5, 0.6) is 5.75 Å². The molecular formula is C14H22N2O4S. The van der Waals surface area contributed by atoms with E-state index in [1.165, 1.54) is 0 Å². The molecule has 0 spiro atoms. The molecule has 21 heavy (non-hydrogen) atoms. The van der Waals surface area contributed by atoms with Crippen molar-refractivity contribution in [3.05, 3.63) is 24.3 Å². The summed E-state index contributed by atoms with van der Waals surface area (Å²) in [7, 11) is -3.33. The molecule has 0 aliphatic carbocycles. The topological polar surface area (TPSA) is 90.7 Å². The molecule has 1 unspecified atom stereocenters. The van der Waals surface area contributed by atoms with Crippen molar-refractivity contribution in [2.24, 2.45) is 0 Å². The Morgan fingerprint density at radius 3 is 2.90 bits per heavy atom. The molecule has 1 heterocycles. The Hall–Kier alpha value is -1.31. The van der Waals surface area contributed by atoms with E-state index in [4.69, 9.17) is 15.2 Å². The monoisotopic (exact) mass is 314 g/mol. The molecule has 0 amide bonds. The second kappa shape index (κ2) is 7.63. The van der Waals surface area contributed by atoms with Gasteiger partial charge in [-0.3, -0.25) is 0 Å². The lowest BCUT2D eigenvalue weighted by atomic mass is 10.2. The van der Waals surface area contributed by atoms with Crippen molar-refractivity contribution in [3.8, 4) is 5.75 Å². The zero-order chi connectivity index (χ0) is 15.1. The number of sulfonamides is 1. The van der Waals surface area contributed by atoms with Crippen LogP contribution in [0.3, 0.4) is 0 Å². The summed E-state index contributed by atoms with van der Waals surface area (Å²) in [6, 6.07) is 7.02. The Morgan fingerprint density at radius 1 is 1.38 bits per heavy atom. The summed E-state index contributed by atoms with van der Waals surface area (Å²) >= 11 is 0. The largest absolute Gasteiger partial charge is 0.490 e. The van der Waals surface area contributed by atoms with Gasteiger partial charge < -0.3 is 15.2 Å². The highest BCUT2D eigenvalue weighted by atomic mass is 32.2. The molecule has 0 aromatic heterocycles. The lowest BCUT2D eigenvalue weighted by Gasteiger charge is -2.11. The van der Waals surface area contributed by atoms with Crippen molar-refractivity contribution >= 4 is 15.7 Å². The summed E-state index contributed by atoms with van der Waals surface area (Å²) in [5.74, 6) is 0.416. The maximum atomic E-state index is 11.8. The van der Waals surface area contributed by atoms with Crippen LogP contribution < -0.4 is 15.2 Å². The summed E-state index contributed by atoms with van der Waals surface area (Å²) in [6.07, 6.45) is 2.97. The van der Waals surface area contributed by atoms with E-state index in [1.54, 1.807) is 24.3 Å². The van der Waals surface area contributed by atoms with Gasteiger partial charge in [0.15, 0.2) is 0 Å². The van der Waals surface area contributed by atoms with Crippen LogP contribution in [0.15, 0.2) is 24.3 Å². The molecule has 3 N–H and O–H groups in total. The molecule has 0 bridgehead atoms. The maximum Gasteiger partial charge on any atom is 0.214 e. The molecule has 1 aromatic carbocycles. The first-order valence-electron chi connectivity index (χ1n) is 7.13. The smallest absolute Gasteiger partial charge is 0.214 e. The predicted octanol–water partition coefficient (Wildman–Crippen LogP) is 1.14. The highest BCUT2D eigenvalue weighted by Gasteiger charge is 2.17. The molecule has 2 rings (SSSR count). The Kier molecular flexibility index (Phi) is 5.84. The Balaban J connectivity index is 1.67. The van der Waals surface area contributed by atoms with Crippen molar-refractivity contribution in [1.82, 2.24) is 4.72 Å². The van der Waals surface area contributed by atoms with Gasteiger partial charge in [0.2, 0.25) is 10.0 Å². The van der Waals surface area contributed by atoms with E-state index >= 15 is 0 Å². The van der Waals surface area contributed by atoms with Gasteiger partial charge in [-0.15, -0.1) is 0 Å². The van der Waals surface area contributed by atoms with E-state index in [-0.39, 0.29) is 18.5 Å². The number of anilines is 1. The first-order valence-corrected chi connectivity index (χ1v) is 8.78. The Bertz CT molecular complexity index is 542. The third-order valence-electron chi connectivity index (χ3n) is 3.34. The van der Waals surface area contributed by atoms with Crippen LogP contribution >= 0.6 is 0 Å². The number of rotatable bonds is 8. The minimum absolute atomic E-state index is 0.0729. The standard InChI is InChI=1S/C14H22N2O4S/c15-13-5-1-2-6-14(13)20-10-11-21(17,18)16-8-7-12-4-3-9-19-12/h1-2,5-6,12,16H,3-4,7-11,15H2. The molecule has 1 aliphatic heterocycles. The van der Waals surface area contributed by atoms with Crippen LogP contribution in [-0.2, 0) is 14.8 Å². The number of nitrogens with one attached hydrogen (secondary N) is 1. The van der Waals surface area contributed by atoms with Crippen molar-refractivity contribution in [1.29, 1.82) is 0 Å². The summed E-state index contributed by atoms with van der Waals surface area (Å²) in [5, 5.41) is 0. The fourth-order valence-electron chi connectivity index (χ4n) is 2.19. The average Bonchev–Trinajstić information content (AvgIpc) is 2.94. The van der Waals surface area contributed by atoms with Crippen LogP contribution in [0, 0.1) is 0 Å².